The summed E-state index contributed by atoms with van der Waals surface area (Å²) in [6.07, 6.45) is 0. The fourth-order valence-electron chi connectivity index (χ4n) is 3.21. The Morgan fingerprint density at radius 1 is 1.09 bits per heavy atom. The highest BCUT2D eigenvalue weighted by molar-refractivity contribution is 7.92. The minimum Gasteiger partial charge on any atom is -0.456 e. The third kappa shape index (κ3) is 4.53. The van der Waals surface area contributed by atoms with Crippen LogP contribution in [0.25, 0.3) is 4.96 Å². The van der Waals surface area contributed by atoms with Crippen molar-refractivity contribution in [3.8, 4) is 0 Å². The molecule has 0 fully saturated rings. The van der Waals surface area contributed by atoms with Gasteiger partial charge in [0.1, 0.15) is 6.61 Å². The van der Waals surface area contributed by atoms with E-state index in [1.54, 1.807) is 24.3 Å². The molecule has 2 aromatic carbocycles. The molecule has 0 N–H and O–H groups in total. The lowest BCUT2D eigenvalue weighted by molar-refractivity contribution is 0.0468. The van der Waals surface area contributed by atoms with Crippen molar-refractivity contribution in [3.63, 3.8) is 0 Å². The normalized spacial score (nSPS) is 11.5. The number of fused-ring (bicyclic) bond motifs is 1. The molecule has 0 aliphatic heterocycles. The standard InChI is InChI=1S/C23H21N3O5S2/c1-15-4-10-20(11-5-15)33(29,30)25(3)19-8-6-17(7-9-19)22(28)31-13-18-12-21(27)26-16(2)14-32-23(26)24-18/h4-12,14H,13H2,1-3H3. The number of carbonyl (C=O) groups excluding carboxylic acids is 1. The molecule has 0 saturated carbocycles. The zero-order valence-corrected chi connectivity index (χ0v) is 19.8. The van der Waals surface area contributed by atoms with Crippen LogP contribution < -0.4 is 9.86 Å². The van der Waals surface area contributed by atoms with Crippen LogP contribution in [-0.2, 0) is 21.4 Å². The maximum atomic E-state index is 12.8. The van der Waals surface area contributed by atoms with Gasteiger partial charge in [-0.25, -0.2) is 18.2 Å². The second-order valence-electron chi connectivity index (χ2n) is 7.49. The molecule has 0 aliphatic rings. The maximum absolute atomic E-state index is 12.8. The molecular weight excluding hydrogens is 462 g/mol. The van der Waals surface area contributed by atoms with Crippen LogP contribution in [0, 0.1) is 13.8 Å². The Hall–Kier alpha value is -3.50. The first-order valence-corrected chi connectivity index (χ1v) is 12.3. The van der Waals surface area contributed by atoms with E-state index < -0.39 is 16.0 Å². The molecular formula is C23H21N3O5S2. The van der Waals surface area contributed by atoms with Gasteiger partial charge in [0, 0.05) is 24.2 Å². The third-order valence-corrected chi connectivity index (χ3v) is 7.87. The molecule has 4 aromatic rings. The fourth-order valence-corrected chi connectivity index (χ4v) is 5.30. The number of esters is 1. The number of hydrogen-bond acceptors (Lipinski definition) is 7. The van der Waals surface area contributed by atoms with E-state index in [2.05, 4.69) is 4.98 Å². The lowest BCUT2D eigenvalue weighted by Gasteiger charge is -2.19. The smallest absolute Gasteiger partial charge is 0.338 e. The van der Waals surface area contributed by atoms with Crippen LogP contribution >= 0.6 is 11.3 Å². The predicted octanol–water partition coefficient (Wildman–Crippen LogP) is 3.55. The minimum absolute atomic E-state index is 0.148. The Morgan fingerprint density at radius 2 is 1.76 bits per heavy atom. The van der Waals surface area contributed by atoms with Crippen LogP contribution in [0.1, 0.15) is 27.3 Å². The van der Waals surface area contributed by atoms with Gasteiger partial charge >= 0.3 is 5.97 Å². The number of anilines is 1. The number of benzene rings is 2. The van der Waals surface area contributed by atoms with Gasteiger partial charge < -0.3 is 4.74 Å². The molecule has 0 atom stereocenters. The third-order valence-electron chi connectivity index (χ3n) is 5.13. The number of carbonyl (C=O) groups is 1. The van der Waals surface area contributed by atoms with Crippen molar-refractivity contribution in [1.82, 2.24) is 9.38 Å². The molecule has 10 heteroatoms. The Morgan fingerprint density at radius 3 is 2.42 bits per heavy atom. The number of thiazole rings is 1. The minimum atomic E-state index is -3.73. The SMILES string of the molecule is Cc1ccc(S(=O)(=O)N(C)c2ccc(C(=O)OCc3cc(=O)n4c(C)csc4n3)cc2)cc1. The van der Waals surface area contributed by atoms with Crippen molar-refractivity contribution >= 4 is 38.0 Å². The zero-order valence-electron chi connectivity index (χ0n) is 18.2. The van der Waals surface area contributed by atoms with Crippen LogP contribution in [0.4, 0.5) is 5.69 Å². The van der Waals surface area contributed by atoms with Crippen LogP contribution in [-0.4, -0.2) is 30.8 Å². The maximum Gasteiger partial charge on any atom is 0.338 e. The highest BCUT2D eigenvalue weighted by atomic mass is 32.2. The first-order valence-electron chi connectivity index (χ1n) is 9.96. The Bertz CT molecular complexity index is 1490. The first kappa shape index (κ1) is 22.7. The zero-order chi connectivity index (χ0) is 23.8. The van der Waals surface area contributed by atoms with Crippen LogP contribution in [0.5, 0.6) is 0 Å². The lowest BCUT2D eigenvalue weighted by Crippen LogP contribution is -2.26. The molecule has 0 amide bonds. The van der Waals surface area contributed by atoms with Crippen molar-refractivity contribution in [2.75, 3.05) is 11.4 Å². The number of aryl methyl sites for hydroxylation is 2. The Balaban J connectivity index is 1.46. The van der Waals surface area contributed by atoms with Gasteiger partial charge in [-0.05, 0) is 50.2 Å². The van der Waals surface area contributed by atoms with Gasteiger partial charge in [-0.2, -0.15) is 0 Å². The summed E-state index contributed by atoms with van der Waals surface area (Å²) < 4.78 is 33.6. The molecule has 33 heavy (non-hydrogen) atoms. The summed E-state index contributed by atoms with van der Waals surface area (Å²) >= 11 is 1.34. The number of sulfonamides is 1. The first-order chi connectivity index (χ1) is 15.7. The van der Waals surface area contributed by atoms with E-state index in [-0.39, 0.29) is 22.6 Å². The van der Waals surface area contributed by atoms with Crippen molar-refractivity contribution in [1.29, 1.82) is 0 Å². The van der Waals surface area contributed by atoms with E-state index in [4.69, 9.17) is 4.74 Å². The van der Waals surface area contributed by atoms with Gasteiger partial charge in [-0.1, -0.05) is 17.7 Å². The quantitative estimate of drug-likeness (QED) is 0.389. The molecule has 0 saturated heterocycles. The molecule has 2 aromatic heterocycles. The van der Waals surface area contributed by atoms with E-state index in [1.165, 1.54) is 53.1 Å². The van der Waals surface area contributed by atoms with E-state index in [9.17, 15) is 18.0 Å². The van der Waals surface area contributed by atoms with Crippen molar-refractivity contribution in [2.24, 2.45) is 0 Å². The molecule has 0 unspecified atom stereocenters. The molecule has 170 valence electrons. The average molecular weight is 484 g/mol. The second-order valence-corrected chi connectivity index (χ2v) is 10.3. The monoisotopic (exact) mass is 483 g/mol. The van der Waals surface area contributed by atoms with Crippen LogP contribution in [0.3, 0.4) is 0 Å². The summed E-state index contributed by atoms with van der Waals surface area (Å²) in [5, 5.41) is 1.83. The molecule has 2 heterocycles. The summed E-state index contributed by atoms with van der Waals surface area (Å²) in [6.45, 7) is 3.55. The summed E-state index contributed by atoms with van der Waals surface area (Å²) in [6, 6.07) is 14.0. The van der Waals surface area contributed by atoms with Gasteiger partial charge in [-0.15, -0.1) is 11.3 Å². The molecule has 4 rings (SSSR count). The highest BCUT2D eigenvalue weighted by Crippen LogP contribution is 2.23. The summed E-state index contributed by atoms with van der Waals surface area (Å²) in [7, 11) is -2.28. The van der Waals surface area contributed by atoms with Gasteiger partial charge in [-0.3, -0.25) is 13.5 Å². The summed E-state index contributed by atoms with van der Waals surface area (Å²) in [5.74, 6) is -0.602. The van der Waals surface area contributed by atoms with E-state index in [1.807, 2.05) is 19.2 Å². The number of rotatable bonds is 6. The summed E-state index contributed by atoms with van der Waals surface area (Å²) in [4.78, 5) is 29.7. The molecule has 8 nitrogen and oxygen atoms in total. The number of aromatic nitrogens is 2. The van der Waals surface area contributed by atoms with Gasteiger partial charge in [0.05, 0.1) is 21.8 Å². The van der Waals surface area contributed by atoms with E-state index in [0.717, 1.165) is 15.6 Å². The van der Waals surface area contributed by atoms with Crippen molar-refractivity contribution in [2.45, 2.75) is 25.3 Å². The molecule has 0 bridgehead atoms. The van der Waals surface area contributed by atoms with Gasteiger partial charge in [0.15, 0.2) is 4.96 Å². The summed E-state index contributed by atoms with van der Waals surface area (Å²) in [5.41, 5.74) is 2.54. The van der Waals surface area contributed by atoms with Gasteiger partial charge in [0.25, 0.3) is 15.6 Å². The largest absolute Gasteiger partial charge is 0.456 e. The van der Waals surface area contributed by atoms with Crippen LogP contribution in [0.2, 0.25) is 0 Å². The van der Waals surface area contributed by atoms with Crippen molar-refractivity contribution < 1.29 is 17.9 Å². The number of hydrogen-bond donors (Lipinski definition) is 0. The fraction of sp³-hybridized carbons (Fsp3) is 0.174. The van der Waals surface area contributed by atoms with Crippen LogP contribution in [0.15, 0.2) is 69.7 Å². The van der Waals surface area contributed by atoms with Gasteiger partial charge in [0.2, 0.25) is 0 Å². The second kappa shape index (κ2) is 8.80. The Labute approximate surface area is 194 Å². The Kier molecular flexibility index (Phi) is 6.05. The van der Waals surface area contributed by atoms with E-state index in [0.29, 0.717) is 16.3 Å². The average Bonchev–Trinajstić information content (AvgIpc) is 3.18. The highest BCUT2D eigenvalue weighted by Gasteiger charge is 2.21. The molecule has 0 spiro atoms. The molecule has 0 radical (unpaired) electrons. The molecule has 0 aliphatic carbocycles. The van der Waals surface area contributed by atoms with Crippen molar-refractivity contribution in [3.05, 3.63) is 92.8 Å². The topological polar surface area (TPSA) is 98.0 Å². The number of nitrogens with zero attached hydrogens (tertiary/aromatic N) is 3. The lowest BCUT2D eigenvalue weighted by atomic mass is 10.2. The van der Waals surface area contributed by atoms with E-state index >= 15 is 0 Å². The predicted molar refractivity (Wildman–Crippen MR) is 126 cm³/mol. The number of ether oxygens (including phenoxy) is 1.